The average Bonchev–Trinajstić information content (AvgIpc) is 2.73. The number of nitrogens with zero attached hydrogens (tertiary/aromatic N) is 2. The summed E-state index contributed by atoms with van der Waals surface area (Å²) in [6.07, 6.45) is 2.00. The Morgan fingerprint density at radius 2 is 2.06 bits per heavy atom. The number of nitrogens with one attached hydrogen (secondary N) is 1. The number of aromatic nitrogens is 2. The van der Waals surface area contributed by atoms with Crippen LogP contribution < -0.4 is 5.32 Å². The molecule has 0 saturated heterocycles. The van der Waals surface area contributed by atoms with Crippen LogP contribution in [0.15, 0.2) is 22.5 Å². The first kappa shape index (κ1) is 11.4. The summed E-state index contributed by atoms with van der Waals surface area (Å²) in [5.74, 6) is 0. The molecule has 0 aliphatic rings. The van der Waals surface area contributed by atoms with Crippen LogP contribution in [-0.4, -0.2) is 16.5 Å². The van der Waals surface area contributed by atoms with Crippen molar-refractivity contribution in [2.75, 3.05) is 11.6 Å². The molecule has 1 heterocycles. The highest BCUT2D eigenvalue weighted by Crippen LogP contribution is 2.28. The van der Waals surface area contributed by atoms with Crippen molar-refractivity contribution in [3.63, 3.8) is 0 Å². The van der Waals surface area contributed by atoms with Crippen LogP contribution in [0.5, 0.6) is 0 Å². The topological polar surface area (TPSA) is 37.8 Å². The highest BCUT2D eigenvalue weighted by molar-refractivity contribution is 8.00. The summed E-state index contributed by atoms with van der Waals surface area (Å²) in [6.45, 7) is 4.21. The molecule has 5 heteroatoms. The van der Waals surface area contributed by atoms with Gasteiger partial charge in [0.25, 0.3) is 0 Å². The van der Waals surface area contributed by atoms with Gasteiger partial charge in [-0.3, -0.25) is 0 Å². The number of anilines is 2. The Morgan fingerprint density at radius 3 is 2.75 bits per heavy atom. The van der Waals surface area contributed by atoms with Gasteiger partial charge in [-0.15, -0.1) is 10.2 Å². The van der Waals surface area contributed by atoms with E-state index in [0.717, 1.165) is 15.2 Å². The first-order valence-electron chi connectivity index (χ1n) is 4.91. The van der Waals surface area contributed by atoms with Gasteiger partial charge in [0.15, 0.2) is 4.34 Å². The maximum absolute atomic E-state index is 4.09. The molecule has 0 spiro atoms. The zero-order valence-corrected chi connectivity index (χ0v) is 11.1. The number of hydrogen-bond acceptors (Lipinski definition) is 5. The van der Waals surface area contributed by atoms with E-state index in [1.165, 1.54) is 11.1 Å². The molecule has 1 aromatic heterocycles. The molecule has 0 bridgehead atoms. The number of thioether (sulfide) groups is 1. The third kappa shape index (κ3) is 2.36. The van der Waals surface area contributed by atoms with Crippen molar-refractivity contribution in [1.82, 2.24) is 10.2 Å². The first-order chi connectivity index (χ1) is 7.70. The standard InChI is InChI=1S/C11H13N3S2/c1-7-5-4-6-9(8(7)2)12-10-13-14-11(15-3)16-10/h4-6H,1-3H3,(H,12,13). The zero-order chi connectivity index (χ0) is 11.5. The van der Waals surface area contributed by atoms with E-state index in [0.29, 0.717) is 0 Å². The van der Waals surface area contributed by atoms with Crippen molar-refractivity contribution < 1.29 is 0 Å². The lowest BCUT2D eigenvalue weighted by Gasteiger charge is -2.08. The fourth-order valence-corrected chi connectivity index (χ4v) is 2.53. The summed E-state index contributed by atoms with van der Waals surface area (Å²) in [4.78, 5) is 0. The van der Waals surface area contributed by atoms with Crippen molar-refractivity contribution >= 4 is 33.9 Å². The quantitative estimate of drug-likeness (QED) is 0.845. The lowest BCUT2D eigenvalue weighted by molar-refractivity contribution is 1.02. The van der Waals surface area contributed by atoms with Crippen molar-refractivity contribution in [3.05, 3.63) is 29.3 Å². The minimum absolute atomic E-state index is 0.845. The third-order valence-electron chi connectivity index (χ3n) is 2.43. The monoisotopic (exact) mass is 251 g/mol. The largest absolute Gasteiger partial charge is 0.330 e. The van der Waals surface area contributed by atoms with Gasteiger partial charge in [0.05, 0.1) is 0 Å². The van der Waals surface area contributed by atoms with Gasteiger partial charge >= 0.3 is 0 Å². The van der Waals surface area contributed by atoms with Crippen LogP contribution in [0.2, 0.25) is 0 Å². The number of benzene rings is 1. The molecule has 16 heavy (non-hydrogen) atoms. The molecule has 2 aromatic rings. The second-order valence-electron chi connectivity index (χ2n) is 3.45. The molecule has 0 radical (unpaired) electrons. The van der Waals surface area contributed by atoms with Gasteiger partial charge in [0, 0.05) is 5.69 Å². The summed E-state index contributed by atoms with van der Waals surface area (Å²) in [5, 5.41) is 12.3. The summed E-state index contributed by atoms with van der Waals surface area (Å²) in [6, 6.07) is 6.21. The van der Waals surface area contributed by atoms with Crippen molar-refractivity contribution in [1.29, 1.82) is 0 Å². The van der Waals surface area contributed by atoms with Gasteiger partial charge < -0.3 is 5.32 Å². The molecule has 2 rings (SSSR count). The average molecular weight is 251 g/mol. The van der Waals surface area contributed by atoms with Gasteiger partial charge in [-0.1, -0.05) is 35.2 Å². The Balaban J connectivity index is 2.23. The molecule has 1 N–H and O–H groups in total. The molecular formula is C11H13N3S2. The van der Waals surface area contributed by atoms with Gasteiger partial charge in [0.2, 0.25) is 5.13 Å². The highest BCUT2D eigenvalue weighted by atomic mass is 32.2. The second-order valence-corrected chi connectivity index (χ2v) is 5.48. The maximum Gasteiger partial charge on any atom is 0.210 e. The van der Waals surface area contributed by atoms with E-state index in [1.807, 2.05) is 12.3 Å². The Labute approximate surface area is 103 Å². The minimum atomic E-state index is 0.845. The van der Waals surface area contributed by atoms with Crippen LogP contribution in [0.1, 0.15) is 11.1 Å². The van der Waals surface area contributed by atoms with E-state index in [9.17, 15) is 0 Å². The Kier molecular flexibility index (Phi) is 3.46. The Morgan fingerprint density at radius 1 is 1.25 bits per heavy atom. The normalized spacial score (nSPS) is 10.4. The zero-order valence-electron chi connectivity index (χ0n) is 9.44. The first-order valence-corrected chi connectivity index (χ1v) is 6.95. The molecule has 0 fully saturated rings. The summed E-state index contributed by atoms with van der Waals surface area (Å²) in [5.41, 5.74) is 3.63. The van der Waals surface area contributed by atoms with Gasteiger partial charge in [-0.2, -0.15) is 0 Å². The molecular weight excluding hydrogens is 238 g/mol. The van der Waals surface area contributed by atoms with E-state index < -0.39 is 0 Å². The van der Waals surface area contributed by atoms with E-state index >= 15 is 0 Å². The molecule has 0 unspecified atom stereocenters. The summed E-state index contributed by atoms with van der Waals surface area (Å²) in [7, 11) is 0. The maximum atomic E-state index is 4.09. The van der Waals surface area contributed by atoms with Crippen LogP contribution in [0.25, 0.3) is 0 Å². The van der Waals surface area contributed by atoms with Crippen molar-refractivity contribution in [2.24, 2.45) is 0 Å². The van der Waals surface area contributed by atoms with Gasteiger partial charge in [-0.25, -0.2) is 0 Å². The van der Waals surface area contributed by atoms with E-state index in [-0.39, 0.29) is 0 Å². The van der Waals surface area contributed by atoms with Crippen LogP contribution in [-0.2, 0) is 0 Å². The molecule has 0 saturated carbocycles. The van der Waals surface area contributed by atoms with E-state index in [2.05, 4.69) is 41.5 Å². The van der Waals surface area contributed by atoms with E-state index in [1.54, 1.807) is 23.1 Å². The number of rotatable bonds is 3. The number of aryl methyl sites for hydroxylation is 1. The number of hydrogen-bond donors (Lipinski definition) is 1. The molecule has 3 nitrogen and oxygen atoms in total. The predicted molar refractivity (Wildman–Crippen MR) is 70.9 cm³/mol. The lowest BCUT2D eigenvalue weighted by Crippen LogP contribution is -1.94. The summed E-state index contributed by atoms with van der Waals surface area (Å²) < 4.78 is 0.979. The molecule has 0 amide bonds. The smallest absolute Gasteiger partial charge is 0.210 e. The second kappa shape index (κ2) is 4.84. The molecule has 1 aromatic carbocycles. The van der Waals surface area contributed by atoms with Crippen LogP contribution in [0, 0.1) is 13.8 Å². The summed E-state index contributed by atoms with van der Waals surface area (Å²) >= 11 is 3.18. The fraction of sp³-hybridized carbons (Fsp3) is 0.273. The SMILES string of the molecule is CSc1nnc(Nc2cccc(C)c2C)s1. The van der Waals surface area contributed by atoms with Gasteiger partial charge in [-0.05, 0) is 37.3 Å². The van der Waals surface area contributed by atoms with Gasteiger partial charge in [0.1, 0.15) is 0 Å². The van der Waals surface area contributed by atoms with Crippen molar-refractivity contribution in [2.45, 2.75) is 18.2 Å². The third-order valence-corrected chi connectivity index (χ3v) is 4.24. The lowest BCUT2D eigenvalue weighted by atomic mass is 10.1. The van der Waals surface area contributed by atoms with Crippen molar-refractivity contribution in [3.8, 4) is 0 Å². The van der Waals surface area contributed by atoms with Crippen LogP contribution in [0.3, 0.4) is 0 Å². The minimum Gasteiger partial charge on any atom is -0.330 e. The molecule has 0 aliphatic carbocycles. The Hall–Kier alpha value is -1.07. The molecule has 84 valence electrons. The predicted octanol–water partition coefficient (Wildman–Crippen LogP) is 3.62. The highest BCUT2D eigenvalue weighted by Gasteiger charge is 2.05. The van der Waals surface area contributed by atoms with Crippen LogP contribution in [0.4, 0.5) is 10.8 Å². The molecule has 0 atom stereocenters. The fourth-order valence-electron chi connectivity index (χ4n) is 1.34. The Bertz CT molecular complexity index is 494. The van der Waals surface area contributed by atoms with E-state index in [4.69, 9.17) is 0 Å². The van der Waals surface area contributed by atoms with Crippen LogP contribution >= 0.6 is 23.1 Å². The molecule has 0 aliphatic heterocycles.